The van der Waals surface area contributed by atoms with Crippen LogP contribution in [0, 0.1) is 23.7 Å². The number of aliphatic carboxylic acids is 1. The van der Waals surface area contributed by atoms with E-state index >= 15 is 0 Å². The summed E-state index contributed by atoms with van der Waals surface area (Å²) in [6.45, 7) is 0. The van der Waals surface area contributed by atoms with Crippen molar-refractivity contribution < 1.29 is 14.7 Å². The van der Waals surface area contributed by atoms with Gasteiger partial charge in [0.1, 0.15) is 0 Å². The van der Waals surface area contributed by atoms with Crippen LogP contribution in [0.4, 0.5) is 0 Å². The minimum Gasteiger partial charge on any atom is -0.481 e. The molecule has 4 nitrogen and oxygen atoms in total. The lowest BCUT2D eigenvalue weighted by atomic mass is 9.67. The van der Waals surface area contributed by atoms with E-state index in [1.165, 1.54) is 32.1 Å². The third kappa shape index (κ3) is 3.64. The molecular weight excluding hydrogens is 278 g/mol. The van der Waals surface area contributed by atoms with Crippen LogP contribution in [0.25, 0.3) is 0 Å². The van der Waals surface area contributed by atoms with Crippen molar-refractivity contribution in [3.63, 3.8) is 0 Å². The van der Waals surface area contributed by atoms with Crippen LogP contribution in [0.1, 0.15) is 70.6 Å². The first-order valence-electron chi connectivity index (χ1n) is 9.16. The predicted molar refractivity (Wildman–Crippen MR) is 84.3 cm³/mol. The number of hydrogen-bond donors (Lipinski definition) is 2. The molecule has 0 aliphatic heterocycles. The van der Waals surface area contributed by atoms with E-state index < -0.39 is 5.97 Å². The zero-order chi connectivity index (χ0) is 15.5. The summed E-state index contributed by atoms with van der Waals surface area (Å²) in [5, 5.41) is 12.2. The topological polar surface area (TPSA) is 66.4 Å². The Hall–Kier alpha value is -1.06. The van der Waals surface area contributed by atoms with Gasteiger partial charge in [0.2, 0.25) is 5.91 Å². The summed E-state index contributed by atoms with van der Waals surface area (Å²) in [5.74, 6) is 1.22. The third-order valence-corrected chi connectivity index (χ3v) is 6.33. The lowest BCUT2D eigenvalue weighted by Crippen LogP contribution is -2.43. The summed E-state index contributed by atoms with van der Waals surface area (Å²) in [6, 6.07) is 0.201. The number of carbonyl (C=O) groups excluding carboxylic acids is 1. The van der Waals surface area contributed by atoms with Crippen LogP contribution < -0.4 is 5.32 Å². The maximum Gasteiger partial charge on any atom is 0.306 e. The molecule has 3 atom stereocenters. The maximum atomic E-state index is 12.5. The van der Waals surface area contributed by atoms with Gasteiger partial charge in [0.05, 0.1) is 5.92 Å². The molecule has 0 bridgehead atoms. The van der Waals surface area contributed by atoms with E-state index in [0.717, 1.165) is 37.5 Å². The second-order valence-electron chi connectivity index (χ2n) is 7.71. The Morgan fingerprint density at radius 3 is 2.09 bits per heavy atom. The molecule has 0 radical (unpaired) electrons. The van der Waals surface area contributed by atoms with Gasteiger partial charge >= 0.3 is 5.97 Å². The molecule has 0 saturated heterocycles. The molecule has 0 aromatic rings. The SMILES string of the molecule is O=C(O)C1CCC(NC(=O)C2CCC3CCCCC3C2)CC1. The number of nitrogens with one attached hydrogen (secondary N) is 1. The van der Waals surface area contributed by atoms with Crippen molar-refractivity contribution in [2.24, 2.45) is 23.7 Å². The van der Waals surface area contributed by atoms with Gasteiger partial charge in [0.25, 0.3) is 0 Å². The fourth-order valence-corrected chi connectivity index (χ4v) is 4.92. The van der Waals surface area contributed by atoms with Crippen molar-refractivity contribution in [1.82, 2.24) is 5.32 Å². The zero-order valence-electron chi connectivity index (χ0n) is 13.4. The summed E-state index contributed by atoms with van der Waals surface area (Å²) in [5.41, 5.74) is 0. The van der Waals surface area contributed by atoms with E-state index in [9.17, 15) is 9.59 Å². The number of amides is 1. The van der Waals surface area contributed by atoms with Crippen LogP contribution in [0.5, 0.6) is 0 Å². The summed E-state index contributed by atoms with van der Waals surface area (Å²) in [4.78, 5) is 23.5. The second kappa shape index (κ2) is 7.01. The van der Waals surface area contributed by atoms with Gasteiger partial charge in [-0.15, -0.1) is 0 Å². The zero-order valence-corrected chi connectivity index (χ0v) is 13.4. The molecule has 4 heteroatoms. The first-order valence-corrected chi connectivity index (χ1v) is 9.16. The van der Waals surface area contributed by atoms with E-state index in [2.05, 4.69) is 5.32 Å². The van der Waals surface area contributed by atoms with Crippen molar-refractivity contribution >= 4 is 11.9 Å². The Labute approximate surface area is 133 Å². The van der Waals surface area contributed by atoms with E-state index in [4.69, 9.17) is 5.11 Å². The molecular formula is C18H29NO3. The molecule has 2 N–H and O–H groups in total. The van der Waals surface area contributed by atoms with Crippen molar-refractivity contribution in [3.05, 3.63) is 0 Å². The molecule has 3 unspecified atom stereocenters. The van der Waals surface area contributed by atoms with Crippen LogP contribution in [-0.4, -0.2) is 23.0 Å². The van der Waals surface area contributed by atoms with Crippen LogP contribution in [0.15, 0.2) is 0 Å². The quantitative estimate of drug-likeness (QED) is 0.840. The van der Waals surface area contributed by atoms with Crippen LogP contribution in [0.3, 0.4) is 0 Å². The van der Waals surface area contributed by atoms with Gasteiger partial charge in [-0.05, 0) is 56.8 Å². The highest BCUT2D eigenvalue weighted by Crippen LogP contribution is 2.42. The monoisotopic (exact) mass is 307 g/mol. The second-order valence-corrected chi connectivity index (χ2v) is 7.71. The van der Waals surface area contributed by atoms with Gasteiger partial charge in [-0.1, -0.05) is 25.7 Å². The average Bonchev–Trinajstić information content (AvgIpc) is 2.55. The fraction of sp³-hybridized carbons (Fsp3) is 0.889. The van der Waals surface area contributed by atoms with Gasteiger partial charge in [0, 0.05) is 12.0 Å². The third-order valence-electron chi connectivity index (χ3n) is 6.33. The summed E-state index contributed by atoms with van der Waals surface area (Å²) < 4.78 is 0. The van der Waals surface area contributed by atoms with Crippen LogP contribution in [-0.2, 0) is 9.59 Å². The Kier molecular flexibility index (Phi) is 5.04. The maximum absolute atomic E-state index is 12.5. The van der Waals surface area contributed by atoms with E-state index in [0.29, 0.717) is 12.8 Å². The molecule has 3 aliphatic carbocycles. The Morgan fingerprint density at radius 1 is 0.773 bits per heavy atom. The molecule has 22 heavy (non-hydrogen) atoms. The summed E-state index contributed by atoms with van der Waals surface area (Å²) >= 11 is 0. The molecule has 3 fully saturated rings. The highest BCUT2D eigenvalue weighted by Gasteiger charge is 2.36. The van der Waals surface area contributed by atoms with Crippen molar-refractivity contribution in [2.75, 3.05) is 0 Å². The smallest absolute Gasteiger partial charge is 0.306 e. The van der Waals surface area contributed by atoms with Gasteiger partial charge < -0.3 is 10.4 Å². The van der Waals surface area contributed by atoms with Crippen molar-refractivity contribution in [1.29, 1.82) is 0 Å². The van der Waals surface area contributed by atoms with Crippen molar-refractivity contribution in [3.8, 4) is 0 Å². The standard InChI is InChI=1S/C18H29NO3/c20-17(19-16-9-7-13(8-10-16)18(21)22)15-6-5-12-3-1-2-4-14(12)11-15/h12-16H,1-11H2,(H,19,20)(H,21,22). The lowest BCUT2D eigenvalue weighted by molar-refractivity contribution is -0.142. The predicted octanol–water partition coefficient (Wildman–Crippen LogP) is 3.35. The number of carboxylic acid groups (broad SMARTS) is 1. The lowest BCUT2D eigenvalue weighted by Gasteiger charge is -2.39. The minimum absolute atomic E-state index is 0.201. The fourth-order valence-electron chi connectivity index (χ4n) is 4.92. The summed E-state index contributed by atoms with van der Waals surface area (Å²) in [7, 11) is 0. The Morgan fingerprint density at radius 2 is 1.41 bits per heavy atom. The minimum atomic E-state index is -0.680. The molecule has 1 amide bonds. The van der Waals surface area contributed by atoms with E-state index in [1.54, 1.807) is 0 Å². The molecule has 0 aromatic heterocycles. The number of carboxylic acids is 1. The molecule has 3 saturated carbocycles. The Balaban J connectivity index is 1.45. The van der Waals surface area contributed by atoms with E-state index in [-0.39, 0.29) is 23.8 Å². The highest BCUT2D eigenvalue weighted by atomic mass is 16.4. The molecule has 0 heterocycles. The molecule has 0 spiro atoms. The van der Waals surface area contributed by atoms with E-state index in [1.807, 2.05) is 0 Å². The van der Waals surface area contributed by atoms with Crippen molar-refractivity contribution in [2.45, 2.75) is 76.7 Å². The molecule has 3 aliphatic rings. The van der Waals surface area contributed by atoms with Gasteiger partial charge in [-0.2, -0.15) is 0 Å². The number of fused-ring (bicyclic) bond motifs is 1. The average molecular weight is 307 g/mol. The number of rotatable bonds is 3. The normalized spacial score (nSPS) is 38.8. The van der Waals surface area contributed by atoms with Gasteiger partial charge in [0.15, 0.2) is 0 Å². The first kappa shape index (κ1) is 15.8. The molecule has 124 valence electrons. The highest BCUT2D eigenvalue weighted by molar-refractivity contribution is 5.79. The molecule has 0 aromatic carbocycles. The number of hydrogen-bond acceptors (Lipinski definition) is 2. The summed E-state index contributed by atoms with van der Waals surface area (Å²) in [6.07, 6.45) is 11.8. The van der Waals surface area contributed by atoms with Crippen LogP contribution in [0.2, 0.25) is 0 Å². The van der Waals surface area contributed by atoms with Gasteiger partial charge in [-0.25, -0.2) is 0 Å². The molecule has 3 rings (SSSR count). The van der Waals surface area contributed by atoms with Gasteiger partial charge in [-0.3, -0.25) is 9.59 Å². The largest absolute Gasteiger partial charge is 0.481 e. The Bertz CT molecular complexity index is 415. The number of carbonyl (C=O) groups is 2. The first-order chi connectivity index (χ1) is 10.6. The van der Waals surface area contributed by atoms with Crippen LogP contribution >= 0.6 is 0 Å².